The molecule has 0 aliphatic carbocycles. The summed E-state index contributed by atoms with van der Waals surface area (Å²) in [5, 5.41) is 0.847. The van der Waals surface area contributed by atoms with Crippen LogP contribution in [0.15, 0.2) is 36.4 Å². The summed E-state index contributed by atoms with van der Waals surface area (Å²) in [6, 6.07) is 8.03. The molecule has 0 radical (unpaired) electrons. The molecule has 2 aromatic rings. The predicted molar refractivity (Wildman–Crippen MR) is 61.8 cm³/mol. The monoisotopic (exact) mass is 258 g/mol. The lowest BCUT2D eigenvalue weighted by Gasteiger charge is -2.04. The second-order valence-corrected chi connectivity index (χ2v) is 4.19. The highest BCUT2D eigenvalue weighted by Crippen LogP contribution is 2.28. The molecule has 2 aromatic carbocycles. The minimum absolute atomic E-state index is 0.405. The third kappa shape index (κ3) is 2.52. The van der Waals surface area contributed by atoms with Gasteiger partial charge in [-0.05, 0) is 41.5 Å². The Labute approximate surface area is 101 Å². The summed E-state index contributed by atoms with van der Waals surface area (Å²) in [6.07, 6.45) is 0. The highest BCUT2D eigenvalue weighted by molar-refractivity contribution is 6.35. The van der Waals surface area contributed by atoms with Gasteiger partial charge in [0.2, 0.25) is 0 Å². The van der Waals surface area contributed by atoms with Gasteiger partial charge in [-0.1, -0.05) is 23.2 Å². The lowest BCUT2D eigenvalue weighted by atomic mass is 10.1. The summed E-state index contributed by atoms with van der Waals surface area (Å²) in [5.74, 6) is -1.27. The molecule has 0 aliphatic heterocycles. The molecule has 0 saturated heterocycles. The maximum atomic E-state index is 13.0. The van der Waals surface area contributed by atoms with E-state index in [0.29, 0.717) is 21.2 Å². The van der Waals surface area contributed by atoms with Crippen LogP contribution in [0.5, 0.6) is 0 Å². The summed E-state index contributed by atoms with van der Waals surface area (Å²) >= 11 is 11.6. The molecule has 0 fully saturated rings. The topological polar surface area (TPSA) is 0 Å². The van der Waals surface area contributed by atoms with Crippen molar-refractivity contribution in [2.45, 2.75) is 0 Å². The first kappa shape index (κ1) is 11.4. The lowest BCUT2D eigenvalue weighted by Crippen LogP contribution is -1.84. The van der Waals surface area contributed by atoms with Gasteiger partial charge < -0.3 is 0 Å². The SMILES string of the molecule is Fc1cc(F)cc(-c2cc(Cl)cc(Cl)c2)c1. The molecule has 0 N–H and O–H groups in total. The van der Waals surface area contributed by atoms with Crippen LogP contribution >= 0.6 is 23.2 Å². The van der Waals surface area contributed by atoms with Crippen molar-refractivity contribution in [2.24, 2.45) is 0 Å². The van der Waals surface area contributed by atoms with Gasteiger partial charge in [0, 0.05) is 16.1 Å². The number of halogens is 4. The zero-order valence-corrected chi connectivity index (χ0v) is 9.49. The molecule has 0 aliphatic rings. The third-order valence-corrected chi connectivity index (χ3v) is 2.49. The Kier molecular flexibility index (Phi) is 3.13. The molecule has 0 bridgehead atoms. The highest BCUT2D eigenvalue weighted by atomic mass is 35.5. The molecule has 0 atom stereocenters. The maximum Gasteiger partial charge on any atom is 0.126 e. The van der Waals surface area contributed by atoms with E-state index in [9.17, 15) is 8.78 Å². The fourth-order valence-corrected chi connectivity index (χ4v) is 1.97. The van der Waals surface area contributed by atoms with E-state index in [1.807, 2.05) is 0 Å². The predicted octanol–water partition coefficient (Wildman–Crippen LogP) is 4.94. The smallest absolute Gasteiger partial charge is 0.126 e. The Morgan fingerprint density at radius 1 is 0.625 bits per heavy atom. The molecule has 82 valence electrons. The molecular weight excluding hydrogens is 253 g/mol. The van der Waals surface area contributed by atoms with Gasteiger partial charge in [0.25, 0.3) is 0 Å². The molecule has 0 saturated carbocycles. The minimum atomic E-state index is -0.633. The van der Waals surface area contributed by atoms with Gasteiger partial charge in [-0.3, -0.25) is 0 Å². The van der Waals surface area contributed by atoms with E-state index in [1.54, 1.807) is 18.2 Å². The van der Waals surface area contributed by atoms with E-state index in [0.717, 1.165) is 6.07 Å². The standard InChI is InChI=1S/C12H6Cl2F2/c13-9-1-7(2-10(14)5-9)8-3-11(15)6-12(16)4-8/h1-6H. The normalized spacial score (nSPS) is 10.5. The second-order valence-electron chi connectivity index (χ2n) is 3.32. The molecule has 0 spiro atoms. The molecule has 0 aromatic heterocycles. The average molecular weight is 259 g/mol. The first-order valence-corrected chi connectivity index (χ1v) is 5.23. The molecule has 0 nitrogen and oxygen atoms in total. The van der Waals surface area contributed by atoms with E-state index in [-0.39, 0.29) is 0 Å². The summed E-state index contributed by atoms with van der Waals surface area (Å²) in [7, 11) is 0. The van der Waals surface area contributed by atoms with E-state index < -0.39 is 11.6 Å². The molecule has 2 rings (SSSR count). The van der Waals surface area contributed by atoms with Crippen molar-refractivity contribution in [3.63, 3.8) is 0 Å². The van der Waals surface area contributed by atoms with Gasteiger partial charge in [0.15, 0.2) is 0 Å². The van der Waals surface area contributed by atoms with Crippen molar-refractivity contribution in [3.05, 3.63) is 58.1 Å². The quantitative estimate of drug-likeness (QED) is 0.680. The second kappa shape index (κ2) is 4.40. The zero-order valence-electron chi connectivity index (χ0n) is 7.98. The van der Waals surface area contributed by atoms with E-state index in [4.69, 9.17) is 23.2 Å². The minimum Gasteiger partial charge on any atom is -0.207 e. The van der Waals surface area contributed by atoms with Gasteiger partial charge >= 0.3 is 0 Å². The van der Waals surface area contributed by atoms with Gasteiger partial charge in [-0.2, -0.15) is 0 Å². The Balaban J connectivity index is 2.57. The first-order valence-electron chi connectivity index (χ1n) is 4.47. The average Bonchev–Trinajstić information content (AvgIpc) is 2.14. The van der Waals surface area contributed by atoms with Crippen molar-refractivity contribution >= 4 is 23.2 Å². The van der Waals surface area contributed by atoms with Crippen LogP contribution in [-0.2, 0) is 0 Å². The van der Waals surface area contributed by atoms with Crippen LogP contribution in [0.3, 0.4) is 0 Å². The Bertz CT molecular complexity index is 449. The van der Waals surface area contributed by atoms with E-state index in [1.165, 1.54) is 12.1 Å². The van der Waals surface area contributed by atoms with E-state index >= 15 is 0 Å². The van der Waals surface area contributed by atoms with Crippen molar-refractivity contribution in [3.8, 4) is 11.1 Å². The first-order chi connectivity index (χ1) is 7.54. The molecule has 16 heavy (non-hydrogen) atoms. The van der Waals surface area contributed by atoms with Crippen LogP contribution in [0, 0.1) is 11.6 Å². The van der Waals surface area contributed by atoms with Crippen LogP contribution in [0.4, 0.5) is 8.78 Å². The van der Waals surface area contributed by atoms with Crippen LogP contribution in [-0.4, -0.2) is 0 Å². The van der Waals surface area contributed by atoms with E-state index in [2.05, 4.69) is 0 Å². The fourth-order valence-electron chi connectivity index (χ4n) is 1.44. The van der Waals surface area contributed by atoms with Gasteiger partial charge in [0.05, 0.1) is 0 Å². The molecule has 0 amide bonds. The Hall–Kier alpha value is -1.12. The molecule has 4 heteroatoms. The number of rotatable bonds is 1. The Morgan fingerprint density at radius 2 is 1.06 bits per heavy atom. The van der Waals surface area contributed by atoms with Crippen LogP contribution in [0.25, 0.3) is 11.1 Å². The number of benzene rings is 2. The maximum absolute atomic E-state index is 13.0. The van der Waals surface area contributed by atoms with Crippen LogP contribution in [0.2, 0.25) is 10.0 Å². The Morgan fingerprint density at radius 3 is 1.56 bits per heavy atom. The molecule has 0 heterocycles. The lowest BCUT2D eigenvalue weighted by molar-refractivity contribution is 0.584. The largest absolute Gasteiger partial charge is 0.207 e. The van der Waals surface area contributed by atoms with Crippen molar-refractivity contribution in [2.75, 3.05) is 0 Å². The van der Waals surface area contributed by atoms with Crippen molar-refractivity contribution in [1.82, 2.24) is 0 Å². The number of hydrogen-bond donors (Lipinski definition) is 0. The van der Waals surface area contributed by atoms with Gasteiger partial charge in [-0.15, -0.1) is 0 Å². The summed E-state index contributed by atoms with van der Waals surface area (Å²) < 4.78 is 26.0. The van der Waals surface area contributed by atoms with Gasteiger partial charge in [0.1, 0.15) is 11.6 Å². The number of hydrogen-bond acceptors (Lipinski definition) is 0. The molecule has 0 unspecified atom stereocenters. The molecular formula is C12H6Cl2F2. The fraction of sp³-hybridized carbons (Fsp3) is 0. The van der Waals surface area contributed by atoms with Crippen molar-refractivity contribution in [1.29, 1.82) is 0 Å². The van der Waals surface area contributed by atoms with Crippen molar-refractivity contribution < 1.29 is 8.78 Å². The third-order valence-electron chi connectivity index (χ3n) is 2.06. The van der Waals surface area contributed by atoms with Crippen LogP contribution < -0.4 is 0 Å². The summed E-state index contributed by atoms with van der Waals surface area (Å²) in [4.78, 5) is 0. The summed E-state index contributed by atoms with van der Waals surface area (Å²) in [5.41, 5.74) is 0.984. The highest BCUT2D eigenvalue weighted by Gasteiger charge is 2.05. The zero-order chi connectivity index (χ0) is 11.7. The van der Waals surface area contributed by atoms with Gasteiger partial charge in [-0.25, -0.2) is 8.78 Å². The van der Waals surface area contributed by atoms with Crippen LogP contribution in [0.1, 0.15) is 0 Å². The summed E-state index contributed by atoms with van der Waals surface area (Å²) in [6.45, 7) is 0.